The maximum absolute atomic E-state index is 13.5. The average molecular weight is 490 g/mol. The number of nitrogens with zero attached hydrogens (tertiary/aromatic N) is 4. The number of aromatic nitrogens is 2. The molecule has 10 heteroatoms. The molecule has 1 aliphatic carbocycles. The van der Waals surface area contributed by atoms with Crippen molar-refractivity contribution in [2.24, 2.45) is 11.1 Å². The first kappa shape index (κ1) is 22.4. The van der Waals surface area contributed by atoms with Gasteiger partial charge in [0.2, 0.25) is 5.13 Å². The summed E-state index contributed by atoms with van der Waals surface area (Å²) in [5.41, 5.74) is 8.39. The molecule has 0 saturated heterocycles. The van der Waals surface area contributed by atoms with E-state index in [-0.39, 0.29) is 11.2 Å². The fourth-order valence-electron chi connectivity index (χ4n) is 4.16. The highest BCUT2D eigenvalue weighted by atomic mass is 32.2. The molecule has 0 saturated carbocycles. The third kappa shape index (κ3) is 3.93. The number of ketones is 1. The van der Waals surface area contributed by atoms with E-state index in [1.54, 1.807) is 28.0 Å². The molecule has 2 aromatic heterocycles. The van der Waals surface area contributed by atoms with Crippen molar-refractivity contribution in [2.75, 3.05) is 16.9 Å². The highest BCUT2D eigenvalue weighted by Gasteiger charge is 2.46. The van der Waals surface area contributed by atoms with Gasteiger partial charge in [-0.1, -0.05) is 43.9 Å². The molecule has 4 rings (SSSR count). The maximum atomic E-state index is 13.5. The molecule has 6 nitrogen and oxygen atoms in total. The minimum Gasteiger partial charge on any atom is -0.384 e. The summed E-state index contributed by atoms with van der Waals surface area (Å²) in [7, 11) is 0. The number of anilines is 1. The second-order valence-electron chi connectivity index (χ2n) is 8.12. The molecule has 0 fully saturated rings. The van der Waals surface area contributed by atoms with Gasteiger partial charge in [0.05, 0.1) is 17.6 Å². The number of nitriles is 1. The normalized spacial score (nSPS) is 20.8. The fraction of sp³-hybridized carbons (Fsp3) is 0.429. The number of carbonyl (C=O) groups is 1. The first-order valence-corrected chi connectivity index (χ1v) is 13.8. The predicted molar refractivity (Wildman–Crippen MR) is 130 cm³/mol. The molecule has 0 amide bonds. The molecular formula is C21H23N5OS4. The Morgan fingerprint density at radius 1 is 1.39 bits per heavy atom. The van der Waals surface area contributed by atoms with E-state index in [4.69, 9.17) is 5.73 Å². The zero-order valence-corrected chi connectivity index (χ0v) is 21.0. The van der Waals surface area contributed by atoms with E-state index in [1.807, 2.05) is 11.6 Å². The van der Waals surface area contributed by atoms with Crippen LogP contribution in [0.1, 0.15) is 44.4 Å². The van der Waals surface area contributed by atoms with Crippen LogP contribution in [-0.2, 0) is 4.79 Å². The van der Waals surface area contributed by atoms with Crippen LogP contribution in [0.4, 0.5) is 5.13 Å². The van der Waals surface area contributed by atoms with Gasteiger partial charge in [-0.05, 0) is 35.3 Å². The van der Waals surface area contributed by atoms with Crippen molar-refractivity contribution < 1.29 is 4.79 Å². The molecule has 1 unspecified atom stereocenters. The lowest BCUT2D eigenvalue weighted by Crippen LogP contribution is -2.42. The van der Waals surface area contributed by atoms with E-state index in [9.17, 15) is 10.1 Å². The molecule has 1 atom stereocenters. The Morgan fingerprint density at radius 2 is 2.16 bits per heavy atom. The number of allylic oxidation sites excluding steroid dienone is 3. The number of rotatable bonds is 5. The molecule has 0 spiro atoms. The van der Waals surface area contributed by atoms with Gasteiger partial charge in [-0.3, -0.25) is 9.69 Å². The molecule has 0 radical (unpaired) electrons. The lowest BCUT2D eigenvalue weighted by Gasteiger charge is -2.42. The summed E-state index contributed by atoms with van der Waals surface area (Å²) in [4.78, 5) is 17.5. The Balaban J connectivity index is 1.97. The summed E-state index contributed by atoms with van der Waals surface area (Å²) in [5, 5.41) is 21.3. The molecule has 2 aliphatic rings. The molecule has 2 aromatic rings. The summed E-state index contributed by atoms with van der Waals surface area (Å²) in [6.45, 7) is 6.29. The monoisotopic (exact) mass is 489 g/mol. The van der Waals surface area contributed by atoms with E-state index in [0.29, 0.717) is 34.9 Å². The van der Waals surface area contributed by atoms with Crippen molar-refractivity contribution in [2.45, 2.75) is 48.8 Å². The van der Waals surface area contributed by atoms with Gasteiger partial charge in [-0.15, -0.1) is 33.3 Å². The van der Waals surface area contributed by atoms with Crippen LogP contribution >= 0.6 is 46.2 Å². The Kier molecular flexibility index (Phi) is 6.23. The second kappa shape index (κ2) is 8.62. The average Bonchev–Trinajstić information content (AvgIpc) is 3.36. The summed E-state index contributed by atoms with van der Waals surface area (Å²) in [5.74, 6) is 0.916. The highest BCUT2D eigenvalue weighted by Crippen LogP contribution is 2.52. The first-order valence-electron chi connectivity index (χ1n) is 9.85. The summed E-state index contributed by atoms with van der Waals surface area (Å²) in [6, 6.07) is 4.40. The smallest absolute Gasteiger partial charge is 0.219 e. The molecule has 0 aromatic carbocycles. The zero-order chi connectivity index (χ0) is 22.3. The van der Waals surface area contributed by atoms with Crippen molar-refractivity contribution in [3.8, 4) is 6.07 Å². The van der Waals surface area contributed by atoms with Gasteiger partial charge in [0.1, 0.15) is 5.82 Å². The lowest BCUT2D eigenvalue weighted by molar-refractivity contribution is -0.118. The number of hydrogen-bond donors (Lipinski definition) is 1. The maximum Gasteiger partial charge on any atom is 0.219 e. The van der Waals surface area contributed by atoms with Crippen molar-refractivity contribution in [1.29, 1.82) is 5.26 Å². The van der Waals surface area contributed by atoms with E-state index in [2.05, 4.69) is 43.1 Å². The lowest BCUT2D eigenvalue weighted by atomic mass is 9.70. The third-order valence-electron chi connectivity index (χ3n) is 5.36. The fourth-order valence-corrected chi connectivity index (χ4v) is 7.51. The molecule has 1 aliphatic heterocycles. The van der Waals surface area contributed by atoms with Crippen molar-refractivity contribution in [1.82, 2.24) is 10.2 Å². The third-order valence-corrected chi connectivity index (χ3v) is 9.31. The van der Waals surface area contributed by atoms with E-state index < -0.39 is 5.92 Å². The summed E-state index contributed by atoms with van der Waals surface area (Å²) >= 11 is 6.24. The Morgan fingerprint density at radius 3 is 2.81 bits per heavy atom. The van der Waals surface area contributed by atoms with Crippen molar-refractivity contribution >= 4 is 57.1 Å². The van der Waals surface area contributed by atoms with E-state index in [0.717, 1.165) is 25.6 Å². The van der Waals surface area contributed by atoms with Gasteiger partial charge >= 0.3 is 0 Å². The molecular weight excluding hydrogens is 467 g/mol. The van der Waals surface area contributed by atoms with Crippen molar-refractivity contribution in [3.05, 3.63) is 39.0 Å². The summed E-state index contributed by atoms with van der Waals surface area (Å²) < 4.78 is 0.812. The van der Waals surface area contributed by atoms with Gasteiger partial charge in [-0.25, -0.2) is 0 Å². The first-order chi connectivity index (χ1) is 14.8. The number of carbonyl (C=O) groups excluding carboxylic acids is 1. The molecule has 0 bridgehead atoms. The summed E-state index contributed by atoms with van der Waals surface area (Å²) in [6.07, 6.45) is 3.07. The standard InChI is InChI=1S/C21H23N5OS4/c1-5-29-14-6-7-30-17(14)15-11(10-22)18(23)26(19-24-25-20(28-4)31-19)12-8-21(2,3)9-13(27)16(12)15/h6-7,15H,5,8-9,23H2,1-4H3. The topological polar surface area (TPSA) is 95.9 Å². The molecule has 3 heterocycles. The number of Topliss-reactive ketones (excluding diaryl/α,β-unsaturated/α-hetero) is 1. The number of thiophene rings is 1. The Hall–Kier alpha value is -1.80. The van der Waals surface area contributed by atoms with Gasteiger partial charge in [-0.2, -0.15) is 5.26 Å². The quantitative estimate of drug-likeness (QED) is 0.560. The Bertz CT molecular complexity index is 1140. The van der Waals surface area contributed by atoms with Gasteiger partial charge in [0, 0.05) is 27.5 Å². The number of thioether (sulfide) groups is 2. The minimum absolute atomic E-state index is 0.0805. The van der Waals surface area contributed by atoms with Gasteiger partial charge in [0.25, 0.3) is 0 Å². The van der Waals surface area contributed by atoms with Crippen LogP contribution in [0.2, 0.25) is 0 Å². The van der Waals surface area contributed by atoms with Gasteiger partial charge < -0.3 is 5.73 Å². The molecule has 31 heavy (non-hydrogen) atoms. The number of hydrogen-bond acceptors (Lipinski definition) is 10. The minimum atomic E-state index is -0.429. The second-order valence-corrected chi connectivity index (χ2v) is 12.4. The van der Waals surface area contributed by atoms with Crippen molar-refractivity contribution in [3.63, 3.8) is 0 Å². The Labute approximate surface area is 198 Å². The highest BCUT2D eigenvalue weighted by molar-refractivity contribution is 8.00. The van der Waals surface area contributed by atoms with Crippen LogP contribution in [-0.4, -0.2) is 28.0 Å². The SMILES string of the molecule is CCSc1ccsc1C1C(C#N)=C(N)N(c2nnc(SC)s2)C2=C1C(=O)CC(C)(C)C2. The van der Waals surface area contributed by atoms with E-state index in [1.165, 1.54) is 23.1 Å². The predicted octanol–water partition coefficient (Wildman–Crippen LogP) is 5.37. The number of nitrogens with two attached hydrogens (primary N) is 1. The van der Waals surface area contributed by atoms with Crippen LogP contribution in [0, 0.1) is 16.7 Å². The van der Waals surface area contributed by atoms with Crippen LogP contribution in [0.25, 0.3) is 0 Å². The van der Waals surface area contributed by atoms with Crippen LogP contribution in [0.3, 0.4) is 0 Å². The molecule has 2 N–H and O–H groups in total. The van der Waals surface area contributed by atoms with E-state index >= 15 is 0 Å². The zero-order valence-electron chi connectivity index (χ0n) is 17.8. The molecule has 162 valence electrons. The van der Waals surface area contributed by atoms with Gasteiger partial charge in [0.15, 0.2) is 10.1 Å². The largest absolute Gasteiger partial charge is 0.384 e. The van der Waals surface area contributed by atoms with Crippen LogP contribution in [0.5, 0.6) is 0 Å². The van der Waals surface area contributed by atoms with Crippen LogP contribution in [0.15, 0.2) is 43.3 Å². The van der Waals surface area contributed by atoms with Crippen LogP contribution < -0.4 is 10.6 Å².